The average molecular weight is 453 g/mol. The molecule has 1 aliphatic heterocycles. The van der Waals surface area contributed by atoms with Crippen LogP contribution in [0.5, 0.6) is 17.2 Å². The van der Waals surface area contributed by atoms with Crippen LogP contribution < -0.4 is 14.2 Å². The lowest BCUT2D eigenvalue weighted by molar-refractivity contribution is 0.101. The quantitative estimate of drug-likeness (QED) is 0.387. The molecule has 0 saturated heterocycles. The topological polar surface area (TPSA) is 44.8 Å². The zero-order valence-corrected chi connectivity index (χ0v) is 18.1. The maximum absolute atomic E-state index is 12.6. The summed E-state index contributed by atoms with van der Waals surface area (Å²) in [6.07, 6.45) is 5.26. The van der Waals surface area contributed by atoms with Crippen molar-refractivity contribution >= 4 is 35.1 Å². The van der Waals surface area contributed by atoms with E-state index in [1.807, 2.05) is 36.4 Å². The van der Waals surface area contributed by atoms with E-state index in [1.54, 1.807) is 49.6 Å². The monoisotopic (exact) mass is 452 g/mol. The Morgan fingerprint density at radius 2 is 1.87 bits per heavy atom. The summed E-state index contributed by atoms with van der Waals surface area (Å²) in [5.41, 5.74) is 2.21. The van der Waals surface area contributed by atoms with Crippen LogP contribution in [0.4, 0.5) is 0 Å². The zero-order valence-electron chi connectivity index (χ0n) is 16.6. The van der Waals surface area contributed by atoms with Crippen molar-refractivity contribution in [3.63, 3.8) is 0 Å². The highest BCUT2D eigenvalue weighted by Crippen LogP contribution is 2.34. The first kappa shape index (κ1) is 21.0. The minimum Gasteiger partial charge on any atom is -0.496 e. The second-order valence-electron chi connectivity index (χ2n) is 6.75. The molecule has 0 radical (unpaired) electrons. The molecule has 4 rings (SSSR count). The molecular formula is C25H18Cl2O4. The van der Waals surface area contributed by atoms with Crippen LogP contribution in [0, 0.1) is 0 Å². The first-order chi connectivity index (χ1) is 15.0. The van der Waals surface area contributed by atoms with Crippen LogP contribution in [0.25, 0.3) is 6.08 Å². The molecule has 0 amide bonds. The van der Waals surface area contributed by atoms with E-state index in [2.05, 4.69) is 0 Å². The number of para-hydroxylation sites is 1. The number of ketones is 1. The van der Waals surface area contributed by atoms with Gasteiger partial charge in [0.1, 0.15) is 23.9 Å². The lowest BCUT2D eigenvalue weighted by Crippen LogP contribution is -1.97. The Balaban J connectivity index is 1.46. The van der Waals surface area contributed by atoms with E-state index in [4.69, 9.17) is 37.4 Å². The first-order valence-electron chi connectivity index (χ1n) is 9.50. The van der Waals surface area contributed by atoms with Crippen LogP contribution in [-0.4, -0.2) is 12.9 Å². The number of allylic oxidation sites excluding steroid dienone is 3. The summed E-state index contributed by atoms with van der Waals surface area (Å²) in [7, 11) is 1.62. The summed E-state index contributed by atoms with van der Waals surface area (Å²) in [5.74, 6) is 1.86. The molecule has 1 heterocycles. The van der Waals surface area contributed by atoms with Gasteiger partial charge in [-0.25, -0.2) is 0 Å². The number of carbonyl (C=O) groups excluding carboxylic acids is 1. The van der Waals surface area contributed by atoms with Crippen LogP contribution in [-0.2, 0) is 6.61 Å². The van der Waals surface area contributed by atoms with Crippen LogP contribution in [0.2, 0.25) is 10.0 Å². The van der Waals surface area contributed by atoms with E-state index < -0.39 is 0 Å². The summed E-state index contributed by atoms with van der Waals surface area (Å²) < 4.78 is 16.9. The van der Waals surface area contributed by atoms with Gasteiger partial charge in [-0.15, -0.1) is 0 Å². The van der Waals surface area contributed by atoms with Crippen molar-refractivity contribution in [3.8, 4) is 17.2 Å². The van der Waals surface area contributed by atoms with E-state index in [1.165, 1.54) is 0 Å². The molecule has 0 saturated carbocycles. The first-order valence-corrected chi connectivity index (χ1v) is 10.3. The number of halogens is 2. The molecular weight excluding hydrogens is 435 g/mol. The number of carbonyl (C=O) groups is 1. The lowest BCUT2D eigenvalue weighted by Gasteiger charge is -2.09. The smallest absolute Gasteiger partial charge is 0.231 e. The van der Waals surface area contributed by atoms with Gasteiger partial charge in [0.05, 0.1) is 12.7 Å². The van der Waals surface area contributed by atoms with Crippen molar-refractivity contribution in [3.05, 3.63) is 105 Å². The highest BCUT2D eigenvalue weighted by molar-refractivity contribution is 6.35. The number of hydrogen-bond acceptors (Lipinski definition) is 4. The summed E-state index contributed by atoms with van der Waals surface area (Å²) in [4.78, 5) is 12.6. The second-order valence-corrected chi connectivity index (χ2v) is 7.59. The molecule has 0 fully saturated rings. The summed E-state index contributed by atoms with van der Waals surface area (Å²) in [6, 6.07) is 18.0. The molecule has 156 valence electrons. The van der Waals surface area contributed by atoms with Gasteiger partial charge in [-0.1, -0.05) is 59.6 Å². The van der Waals surface area contributed by atoms with Gasteiger partial charge in [0.15, 0.2) is 5.76 Å². The zero-order chi connectivity index (χ0) is 21.8. The van der Waals surface area contributed by atoms with Crippen molar-refractivity contribution in [2.24, 2.45) is 0 Å². The van der Waals surface area contributed by atoms with E-state index in [9.17, 15) is 4.79 Å². The lowest BCUT2D eigenvalue weighted by atomic mass is 10.1. The van der Waals surface area contributed by atoms with Crippen molar-refractivity contribution in [2.45, 2.75) is 6.61 Å². The van der Waals surface area contributed by atoms with Gasteiger partial charge in [-0.2, -0.15) is 0 Å². The summed E-state index contributed by atoms with van der Waals surface area (Å²) in [5, 5.41) is 1.10. The predicted molar refractivity (Wildman–Crippen MR) is 122 cm³/mol. The third kappa shape index (κ3) is 4.76. The Morgan fingerprint density at radius 3 is 2.68 bits per heavy atom. The fraction of sp³-hybridized carbons (Fsp3) is 0.0800. The third-order valence-corrected chi connectivity index (χ3v) is 5.30. The van der Waals surface area contributed by atoms with Crippen molar-refractivity contribution < 1.29 is 19.0 Å². The maximum Gasteiger partial charge on any atom is 0.231 e. The minimum absolute atomic E-state index is 0.174. The van der Waals surface area contributed by atoms with Crippen molar-refractivity contribution in [2.75, 3.05) is 7.11 Å². The highest BCUT2D eigenvalue weighted by atomic mass is 35.5. The molecule has 4 nitrogen and oxygen atoms in total. The molecule has 0 atom stereocenters. The van der Waals surface area contributed by atoms with Crippen LogP contribution >= 0.6 is 23.2 Å². The van der Waals surface area contributed by atoms with Gasteiger partial charge in [-0.05, 0) is 36.4 Å². The Hall–Kier alpha value is -3.21. The molecule has 0 bridgehead atoms. The number of hydrogen-bond donors (Lipinski definition) is 0. The Bertz CT molecular complexity index is 1200. The van der Waals surface area contributed by atoms with Gasteiger partial charge in [0.2, 0.25) is 5.78 Å². The number of Topliss-reactive ketones (excluding diaryl/α,β-unsaturated/α-hetero) is 1. The minimum atomic E-state index is -0.174. The standard InChI is InChI=1S/C25H18Cl2O4/c1-29-22-7-3-2-5-16(22)6-4-8-23-25(28)20-12-11-19(14-24(20)31-23)30-15-17-9-10-18(26)13-21(17)27/h2-14H,15H2,1H3. The van der Waals surface area contributed by atoms with Gasteiger partial charge in [-0.3, -0.25) is 4.79 Å². The van der Waals surface area contributed by atoms with Crippen LogP contribution in [0.15, 0.2) is 78.6 Å². The van der Waals surface area contributed by atoms with Crippen LogP contribution in [0.1, 0.15) is 21.5 Å². The molecule has 6 heteroatoms. The number of methoxy groups -OCH3 is 1. The van der Waals surface area contributed by atoms with E-state index in [0.29, 0.717) is 27.1 Å². The molecule has 0 aliphatic carbocycles. The van der Waals surface area contributed by atoms with Crippen molar-refractivity contribution in [1.82, 2.24) is 0 Å². The molecule has 3 aromatic carbocycles. The SMILES string of the molecule is COc1ccccc1C=CC=C1Oc2cc(OCc3ccc(Cl)cc3Cl)ccc2C1=O. The molecule has 3 aromatic rings. The third-order valence-electron chi connectivity index (χ3n) is 4.71. The number of rotatable bonds is 6. The summed E-state index contributed by atoms with van der Waals surface area (Å²) in [6.45, 7) is 0.271. The Labute approximate surface area is 190 Å². The van der Waals surface area contributed by atoms with Crippen LogP contribution in [0.3, 0.4) is 0 Å². The molecule has 0 N–H and O–H groups in total. The summed E-state index contributed by atoms with van der Waals surface area (Å²) >= 11 is 12.1. The van der Waals surface area contributed by atoms with Gasteiger partial charge in [0.25, 0.3) is 0 Å². The van der Waals surface area contributed by atoms with E-state index in [-0.39, 0.29) is 18.1 Å². The average Bonchev–Trinajstić information content (AvgIpc) is 3.08. The van der Waals surface area contributed by atoms with E-state index >= 15 is 0 Å². The normalized spacial score (nSPS) is 14.0. The fourth-order valence-electron chi connectivity index (χ4n) is 3.11. The predicted octanol–water partition coefficient (Wildman–Crippen LogP) is 6.75. The van der Waals surface area contributed by atoms with Gasteiger partial charge < -0.3 is 14.2 Å². The second kappa shape index (κ2) is 9.29. The molecule has 0 aromatic heterocycles. The van der Waals surface area contributed by atoms with Gasteiger partial charge >= 0.3 is 0 Å². The maximum atomic E-state index is 12.6. The Kier molecular flexibility index (Phi) is 6.31. The molecule has 1 aliphatic rings. The van der Waals surface area contributed by atoms with Crippen molar-refractivity contribution in [1.29, 1.82) is 0 Å². The molecule has 31 heavy (non-hydrogen) atoms. The molecule has 0 unspecified atom stereocenters. The fourth-order valence-corrected chi connectivity index (χ4v) is 3.58. The number of ether oxygens (including phenoxy) is 3. The molecule has 0 spiro atoms. The van der Waals surface area contributed by atoms with E-state index in [0.717, 1.165) is 16.9 Å². The number of fused-ring (bicyclic) bond motifs is 1. The highest BCUT2D eigenvalue weighted by Gasteiger charge is 2.27. The Morgan fingerprint density at radius 1 is 1.03 bits per heavy atom. The largest absolute Gasteiger partial charge is 0.496 e. The number of benzene rings is 3. The van der Waals surface area contributed by atoms with Gasteiger partial charge in [0, 0.05) is 27.2 Å².